The van der Waals surface area contributed by atoms with Crippen LogP contribution in [0.1, 0.15) is 23.6 Å². The molecule has 0 heterocycles. The summed E-state index contributed by atoms with van der Waals surface area (Å²) in [4.78, 5) is 0. The van der Waals surface area contributed by atoms with Crippen molar-refractivity contribution in [2.75, 3.05) is 13.7 Å². The summed E-state index contributed by atoms with van der Waals surface area (Å²) in [6.07, 6.45) is 5.27. The SMILES string of the molecule is COc1ccc(C)cc1CC(C)NC/C=C/c1ccccc1. The van der Waals surface area contributed by atoms with E-state index in [0.29, 0.717) is 6.04 Å². The van der Waals surface area contributed by atoms with E-state index in [9.17, 15) is 0 Å². The molecule has 2 heteroatoms. The predicted molar refractivity (Wildman–Crippen MR) is 94.4 cm³/mol. The Balaban J connectivity index is 1.84. The Labute approximate surface area is 133 Å². The lowest BCUT2D eigenvalue weighted by atomic mass is 10.0. The number of hydrogen-bond acceptors (Lipinski definition) is 2. The molecule has 0 radical (unpaired) electrons. The summed E-state index contributed by atoms with van der Waals surface area (Å²) in [7, 11) is 1.73. The van der Waals surface area contributed by atoms with E-state index in [1.807, 2.05) is 12.1 Å². The molecule has 0 amide bonds. The Kier molecular flexibility index (Phi) is 6.23. The van der Waals surface area contributed by atoms with Gasteiger partial charge in [-0.25, -0.2) is 0 Å². The summed E-state index contributed by atoms with van der Waals surface area (Å²) in [5, 5.41) is 3.53. The van der Waals surface area contributed by atoms with E-state index >= 15 is 0 Å². The van der Waals surface area contributed by atoms with Crippen molar-refractivity contribution >= 4 is 6.08 Å². The van der Waals surface area contributed by atoms with Gasteiger partial charge in [-0.2, -0.15) is 0 Å². The van der Waals surface area contributed by atoms with Crippen LogP contribution in [-0.4, -0.2) is 19.7 Å². The highest BCUT2D eigenvalue weighted by atomic mass is 16.5. The average molecular weight is 295 g/mol. The largest absolute Gasteiger partial charge is 0.496 e. The fraction of sp³-hybridized carbons (Fsp3) is 0.300. The number of aryl methyl sites for hydroxylation is 1. The molecule has 2 rings (SSSR count). The van der Waals surface area contributed by atoms with Crippen molar-refractivity contribution in [2.45, 2.75) is 26.3 Å². The minimum atomic E-state index is 0.399. The first-order valence-corrected chi connectivity index (χ1v) is 7.77. The van der Waals surface area contributed by atoms with Gasteiger partial charge in [-0.15, -0.1) is 0 Å². The van der Waals surface area contributed by atoms with Gasteiger partial charge in [0, 0.05) is 12.6 Å². The second-order valence-corrected chi connectivity index (χ2v) is 5.64. The standard InChI is InChI=1S/C20H25NO/c1-16-11-12-20(22-3)19(14-16)15-17(2)21-13-7-10-18-8-5-4-6-9-18/h4-12,14,17,21H,13,15H2,1-3H3/b10-7+. The van der Waals surface area contributed by atoms with Gasteiger partial charge >= 0.3 is 0 Å². The van der Waals surface area contributed by atoms with Crippen LogP contribution in [0, 0.1) is 6.92 Å². The molecular weight excluding hydrogens is 270 g/mol. The fourth-order valence-electron chi connectivity index (χ4n) is 2.50. The molecule has 2 aromatic rings. The predicted octanol–water partition coefficient (Wildman–Crippen LogP) is 4.24. The lowest BCUT2D eigenvalue weighted by molar-refractivity contribution is 0.406. The molecule has 0 saturated carbocycles. The summed E-state index contributed by atoms with van der Waals surface area (Å²) in [5.74, 6) is 0.971. The molecule has 1 N–H and O–H groups in total. The van der Waals surface area contributed by atoms with Crippen LogP contribution in [-0.2, 0) is 6.42 Å². The zero-order chi connectivity index (χ0) is 15.8. The van der Waals surface area contributed by atoms with E-state index in [2.05, 4.69) is 67.7 Å². The Bertz CT molecular complexity index is 604. The second-order valence-electron chi connectivity index (χ2n) is 5.64. The van der Waals surface area contributed by atoms with Gasteiger partial charge < -0.3 is 10.1 Å². The average Bonchev–Trinajstić information content (AvgIpc) is 2.53. The highest BCUT2D eigenvalue weighted by molar-refractivity contribution is 5.48. The maximum absolute atomic E-state index is 5.44. The molecular formula is C20H25NO. The smallest absolute Gasteiger partial charge is 0.122 e. The van der Waals surface area contributed by atoms with Crippen molar-refractivity contribution in [1.82, 2.24) is 5.32 Å². The number of nitrogens with one attached hydrogen (secondary N) is 1. The van der Waals surface area contributed by atoms with Crippen LogP contribution in [0.25, 0.3) is 6.08 Å². The summed E-state index contributed by atoms with van der Waals surface area (Å²) in [6.45, 7) is 5.19. The van der Waals surface area contributed by atoms with E-state index in [1.165, 1.54) is 16.7 Å². The van der Waals surface area contributed by atoms with Gasteiger partial charge in [0.1, 0.15) is 5.75 Å². The molecule has 0 bridgehead atoms. The number of methoxy groups -OCH3 is 1. The minimum Gasteiger partial charge on any atom is -0.496 e. The quantitative estimate of drug-likeness (QED) is 0.825. The first kappa shape index (κ1) is 16.3. The lowest BCUT2D eigenvalue weighted by Crippen LogP contribution is -2.28. The van der Waals surface area contributed by atoms with Gasteiger partial charge in [-0.05, 0) is 37.5 Å². The second kappa shape index (κ2) is 8.40. The highest BCUT2D eigenvalue weighted by Crippen LogP contribution is 2.21. The molecule has 0 fully saturated rings. The monoisotopic (exact) mass is 295 g/mol. The van der Waals surface area contributed by atoms with E-state index in [-0.39, 0.29) is 0 Å². The van der Waals surface area contributed by atoms with E-state index < -0.39 is 0 Å². The molecule has 116 valence electrons. The molecule has 0 aliphatic heterocycles. The van der Waals surface area contributed by atoms with Crippen molar-refractivity contribution in [3.8, 4) is 5.75 Å². The van der Waals surface area contributed by atoms with Crippen LogP contribution in [0.2, 0.25) is 0 Å². The van der Waals surface area contributed by atoms with Crippen LogP contribution >= 0.6 is 0 Å². The molecule has 1 unspecified atom stereocenters. The first-order valence-electron chi connectivity index (χ1n) is 7.77. The lowest BCUT2D eigenvalue weighted by Gasteiger charge is -2.15. The Morgan fingerprint density at radius 3 is 2.64 bits per heavy atom. The Morgan fingerprint density at radius 1 is 1.14 bits per heavy atom. The van der Waals surface area contributed by atoms with Crippen LogP contribution in [0.5, 0.6) is 5.75 Å². The Morgan fingerprint density at radius 2 is 1.91 bits per heavy atom. The molecule has 0 saturated heterocycles. The molecule has 0 spiro atoms. The van der Waals surface area contributed by atoms with Crippen LogP contribution in [0.4, 0.5) is 0 Å². The van der Waals surface area contributed by atoms with E-state index in [1.54, 1.807) is 7.11 Å². The normalized spacial score (nSPS) is 12.5. The number of rotatable bonds is 7. The van der Waals surface area contributed by atoms with Crippen molar-refractivity contribution < 1.29 is 4.74 Å². The van der Waals surface area contributed by atoms with Crippen molar-refractivity contribution in [3.63, 3.8) is 0 Å². The number of benzene rings is 2. The third-order valence-corrected chi connectivity index (χ3v) is 3.66. The molecule has 2 aromatic carbocycles. The van der Waals surface area contributed by atoms with Crippen molar-refractivity contribution in [3.05, 3.63) is 71.3 Å². The van der Waals surface area contributed by atoms with Gasteiger partial charge in [0.05, 0.1) is 7.11 Å². The van der Waals surface area contributed by atoms with Crippen molar-refractivity contribution in [2.24, 2.45) is 0 Å². The molecule has 0 aliphatic rings. The Hall–Kier alpha value is -2.06. The van der Waals surface area contributed by atoms with Crippen LogP contribution < -0.4 is 10.1 Å². The molecule has 0 aliphatic carbocycles. The summed E-state index contributed by atoms with van der Waals surface area (Å²) >= 11 is 0. The number of hydrogen-bond donors (Lipinski definition) is 1. The third kappa shape index (κ3) is 5.05. The third-order valence-electron chi connectivity index (χ3n) is 3.66. The summed E-state index contributed by atoms with van der Waals surface area (Å²) in [6, 6.07) is 17.1. The number of ether oxygens (including phenoxy) is 1. The topological polar surface area (TPSA) is 21.3 Å². The maximum Gasteiger partial charge on any atom is 0.122 e. The van der Waals surface area contributed by atoms with Gasteiger partial charge in [0.25, 0.3) is 0 Å². The molecule has 22 heavy (non-hydrogen) atoms. The molecule has 1 atom stereocenters. The van der Waals surface area contributed by atoms with E-state index in [4.69, 9.17) is 4.74 Å². The molecule has 2 nitrogen and oxygen atoms in total. The minimum absolute atomic E-state index is 0.399. The summed E-state index contributed by atoms with van der Waals surface area (Å²) in [5.41, 5.74) is 3.76. The first-order chi connectivity index (χ1) is 10.7. The zero-order valence-electron chi connectivity index (χ0n) is 13.7. The van der Waals surface area contributed by atoms with Gasteiger partial charge in [-0.1, -0.05) is 60.2 Å². The van der Waals surface area contributed by atoms with Crippen LogP contribution in [0.15, 0.2) is 54.6 Å². The van der Waals surface area contributed by atoms with Gasteiger partial charge in [0.2, 0.25) is 0 Å². The van der Waals surface area contributed by atoms with Crippen molar-refractivity contribution in [1.29, 1.82) is 0 Å². The van der Waals surface area contributed by atoms with Crippen LogP contribution in [0.3, 0.4) is 0 Å². The summed E-state index contributed by atoms with van der Waals surface area (Å²) < 4.78 is 5.44. The zero-order valence-corrected chi connectivity index (χ0v) is 13.7. The van der Waals surface area contributed by atoms with Gasteiger partial charge in [0.15, 0.2) is 0 Å². The fourth-order valence-corrected chi connectivity index (χ4v) is 2.50. The van der Waals surface area contributed by atoms with E-state index in [0.717, 1.165) is 18.7 Å². The molecule has 0 aromatic heterocycles. The highest BCUT2D eigenvalue weighted by Gasteiger charge is 2.07. The van der Waals surface area contributed by atoms with Gasteiger partial charge in [-0.3, -0.25) is 0 Å². The maximum atomic E-state index is 5.44.